The van der Waals surface area contributed by atoms with Gasteiger partial charge in [-0.05, 0) is 57.8 Å². The molecule has 0 heterocycles. The molecule has 0 saturated carbocycles. The average molecular weight is 827 g/mol. The fourth-order valence-corrected chi connectivity index (χ4v) is 7.08. The lowest BCUT2D eigenvalue weighted by atomic mass is 10.0. The van der Waals surface area contributed by atoms with Crippen molar-refractivity contribution in [1.29, 1.82) is 0 Å². The lowest BCUT2D eigenvalue weighted by molar-refractivity contribution is -0.167. The van der Waals surface area contributed by atoms with Gasteiger partial charge in [0.1, 0.15) is 13.2 Å². The molecular weight excluding hydrogens is 733 g/mol. The summed E-state index contributed by atoms with van der Waals surface area (Å²) in [6, 6.07) is 0. The van der Waals surface area contributed by atoms with Crippen LogP contribution in [0, 0.1) is 0 Å². The van der Waals surface area contributed by atoms with E-state index in [9.17, 15) is 14.4 Å². The standard InChI is InChI=1S/C53H94O6/c1-4-7-10-13-16-19-22-25-26-27-28-29-32-34-37-40-43-46-52(55)58-49-50(59-53(56)47-44-41-38-35-31-24-21-18-15-12-9-6-3)48-57-51(54)45-42-39-36-33-30-23-20-17-14-11-8-5-2/h7,10,16,19,25-26,28-29,50H,4-6,8-9,11-15,17-18,20-24,27,30-49H2,1-3H3/b10-7-,19-16-,26-25-,29-28-. The first kappa shape index (κ1) is 56.4. The molecule has 0 rings (SSSR count). The smallest absolute Gasteiger partial charge is 0.306 e. The zero-order chi connectivity index (χ0) is 43.0. The van der Waals surface area contributed by atoms with Gasteiger partial charge in [0, 0.05) is 19.3 Å². The minimum atomic E-state index is -0.777. The van der Waals surface area contributed by atoms with Crippen LogP contribution in [0.15, 0.2) is 48.6 Å². The third-order valence-electron chi connectivity index (χ3n) is 10.8. The van der Waals surface area contributed by atoms with Crippen LogP contribution in [0.3, 0.4) is 0 Å². The molecule has 342 valence electrons. The first-order chi connectivity index (χ1) is 29.0. The van der Waals surface area contributed by atoms with Crippen LogP contribution in [-0.2, 0) is 28.6 Å². The van der Waals surface area contributed by atoms with E-state index in [1.165, 1.54) is 116 Å². The van der Waals surface area contributed by atoms with Crippen LogP contribution in [-0.4, -0.2) is 37.2 Å². The molecule has 0 N–H and O–H groups in total. The largest absolute Gasteiger partial charge is 0.462 e. The minimum absolute atomic E-state index is 0.0775. The summed E-state index contributed by atoms with van der Waals surface area (Å²) in [6.45, 7) is 6.51. The van der Waals surface area contributed by atoms with Gasteiger partial charge in [0.2, 0.25) is 0 Å². The first-order valence-corrected chi connectivity index (χ1v) is 25.1. The highest BCUT2D eigenvalue weighted by Crippen LogP contribution is 2.15. The lowest BCUT2D eigenvalue weighted by Gasteiger charge is -2.18. The number of rotatable bonds is 45. The van der Waals surface area contributed by atoms with E-state index in [1.54, 1.807) is 0 Å². The number of unbranched alkanes of at least 4 members (excludes halogenated alkanes) is 26. The SMILES string of the molecule is CC/C=C\C/C=C\C/C=C\C/C=C\CCCCCCC(=O)OCC(COC(=O)CCCCCCCCCCCCCC)OC(=O)CCCCCCCCCCCCCC. The molecule has 0 spiro atoms. The second-order valence-corrected chi connectivity index (χ2v) is 16.7. The molecule has 0 aliphatic rings. The van der Waals surface area contributed by atoms with Crippen LogP contribution in [0.25, 0.3) is 0 Å². The maximum absolute atomic E-state index is 12.8. The summed E-state index contributed by atoms with van der Waals surface area (Å²) in [4.78, 5) is 37.9. The molecule has 0 aromatic rings. The second-order valence-electron chi connectivity index (χ2n) is 16.7. The van der Waals surface area contributed by atoms with Gasteiger partial charge in [0.05, 0.1) is 0 Å². The Labute approximate surface area is 365 Å². The summed E-state index contributed by atoms with van der Waals surface area (Å²) >= 11 is 0. The second kappa shape index (κ2) is 48.0. The predicted molar refractivity (Wildman–Crippen MR) is 252 cm³/mol. The van der Waals surface area contributed by atoms with Gasteiger partial charge in [0.15, 0.2) is 6.10 Å². The molecule has 6 nitrogen and oxygen atoms in total. The molecule has 0 radical (unpaired) electrons. The van der Waals surface area contributed by atoms with E-state index in [2.05, 4.69) is 69.4 Å². The maximum Gasteiger partial charge on any atom is 0.306 e. The Balaban J connectivity index is 4.38. The Hall–Kier alpha value is -2.63. The monoisotopic (exact) mass is 827 g/mol. The Kier molecular flexibility index (Phi) is 45.9. The molecule has 0 saturated heterocycles. The van der Waals surface area contributed by atoms with Crippen LogP contribution < -0.4 is 0 Å². The van der Waals surface area contributed by atoms with Crippen LogP contribution >= 0.6 is 0 Å². The fraction of sp³-hybridized carbons (Fsp3) is 0.792. The van der Waals surface area contributed by atoms with Crippen molar-refractivity contribution in [3.63, 3.8) is 0 Å². The summed E-state index contributed by atoms with van der Waals surface area (Å²) in [7, 11) is 0. The summed E-state index contributed by atoms with van der Waals surface area (Å²) in [5, 5.41) is 0. The fourth-order valence-electron chi connectivity index (χ4n) is 7.08. The summed E-state index contributed by atoms with van der Waals surface area (Å²) in [5.41, 5.74) is 0. The van der Waals surface area contributed by atoms with Crippen molar-refractivity contribution in [2.75, 3.05) is 13.2 Å². The highest BCUT2D eigenvalue weighted by molar-refractivity contribution is 5.71. The quantitative estimate of drug-likeness (QED) is 0.0263. The molecule has 0 bridgehead atoms. The highest BCUT2D eigenvalue weighted by Gasteiger charge is 2.19. The van der Waals surface area contributed by atoms with E-state index in [4.69, 9.17) is 14.2 Å². The van der Waals surface area contributed by atoms with E-state index in [1.807, 2.05) is 0 Å². The Morgan fingerprint density at radius 1 is 0.356 bits per heavy atom. The van der Waals surface area contributed by atoms with Crippen molar-refractivity contribution in [1.82, 2.24) is 0 Å². The van der Waals surface area contributed by atoms with E-state index in [0.717, 1.165) is 96.3 Å². The molecular formula is C53H94O6. The maximum atomic E-state index is 12.8. The number of ether oxygens (including phenoxy) is 3. The van der Waals surface area contributed by atoms with E-state index in [-0.39, 0.29) is 31.1 Å². The van der Waals surface area contributed by atoms with Gasteiger partial charge >= 0.3 is 17.9 Å². The van der Waals surface area contributed by atoms with Crippen molar-refractivity contribution >= 4 is 17.9 Å². The van der Waals surface area contributed by atoms with Crippen LogP contribution in [0.1, 0.15) is 252 Å². The van der Waals surface area contributed by atoms with Gasteiger partial charge in [-0.25, -0.2) is 0 Å². The molecule has 1 atom stereocenters. The van der Waals surface area contributed by atoms with Crippen LogP contribution in [0.2, 0.25) is 0 Å². The minimum Gasteiger partial charge on any atom is -0.462 e. The normalized spacial score (nSPS) is 12.4. The number of esters is 3. The molecule has 0 aromatic carbocycles. The number of hydrogen-bond acceptors (Lipinski definition) is 6. The highest BCUT2D eigenvalue weighted by atomic mass is 16.6. The zero-order valence-corrected chi connectivity index (χ0v) is 39.0. The van der Waals surface area contributed by atoms with Gasteiger partial charge in [-0.2, -0.15) is 0 Å². The molecule has 0 fully saturated rings. The molecule has 1 unspecified atom stereocenters. The van der Waals surface area contributed by atoms with Crippen molar-refractivity contribution in [3.8, 4) is 0 Å². The molecule has 59 heavy (non-hydrogen) atoms. The predicted octanol–water partition coefficient (Wildman–Crippen LogP) is 16.3. The van der Waals surface area contributed by atoms with E-state index < -0.39 is 6.10 Å². The van der Waals surface area contributed by atoms with Gasteiger partial charge in [-0.3, -0.25) is 14.4 Å². The molecule has 6 heteroatoms. The van der Waals surface area contributed by atoms with Crippen molar-refractivity contribution < 1.29 is 28.6 Å². The van der Waals surface area contributed by atoms with Crippen LogP contribution in [0.5, 0.6) is 0 Å². The van der Waals surface area contributed by atoms with E-state index in [0.29, 0.717) is 19.3 Å². The third-order valence-corrected chi connectivity index (χ3v) is 10.8. The molecule has 0 aromatic heterocycles. The van der Waals surface area contributed by atoms with Crippen molar-refractivity contribution in [2.24, 2.45) is 0 Å². The Bertz CT molecular complexity index is 1040. The molecule has 0 aliphatic carbocycles. The van der Waals surface area contributed by atoms with E-state index >= 15 is 0 Å². The topological polar surface area (TPSA) is 78.9 Å². The molecule has 0 amide bonds. The summed E-state index contributed by atoms with van der Waals surface area (Å²) in [5.74, 6) is -0.895. The lowest BCUT2D eigenvalue weighted by Crippen LogP contribution is -2.30. The Morgan fingerprint density at radius 2 is 0.661 bits per heavy atom. The Morgan fingerprint density at radius 3 is 1.03 bits per heavy atom. The zero-order valence-electron chi connectivity index (χ0n) is 39.0. The van der Waals surface area contributed by atoms with Gasteiger partial charge in [-0.1, -0.05) is 223 Å². The average Bonchev–Trinajstić information content (AvgIpc) is 3.23. The third kappa shape index (κ3) is 46.3. The van der Waals surface area contributed by atoms with Crippen LogP contribution in [0.4, 0.5) is 0 Å². The van der Waals surface area contributed by atoms with Gasteiger partial charge < -0.3 is 14.2 Å². The molecule has 0 aliphatic heterocycles. The number of carbonyl (C=O) groups is 3. The number of hydrogen-bond donors (Lipinski definition) is 0. The number of carbonyl (C=O) groups excluding carboxylic acids is 3. The number of allylic oxidation sites excluding steroid dienone is 8. The van der Waals surface area contributed by atoms with Gasteiger partial charge in [-0.15, -0.1) is 0 Å². The summed E-state index contributed by atoms with van der Waals surface area (Å²) in [6.07, 6.45) is 56.6. The first-order valence-electron chi connectivity index (χ1n) is 25.1. The van der Waals surface area contributed by atoms with Crippen molar-refractivity contribution in [2.45, 2.75) is 258 Å². The summed E-state index contributed by atoms with van der Waals surface area (Å²) < 4.78 is 16.8. The van der Waals surface area contributed by atoms with Crippen molar-refractivity contribution in [3.05, 3.63) is 48.6 Å². The van der Waals surface area contributed by atoms with Gasteiger partial charge in [0.25, 0.3) is 0 Å².